The summed E-state index contributed by atoms with van der Waals surface area (Å²) < 4.78 is 15.7. The summed E-state index contributed by atoms with van der Waals surface area (Å²) in [7, 11) is 0. The van der Waals surface area contributed by atoms with Crippen LogP contribution in [-0.4, -0.2) is 23.0 Å². The molecule has 1 aromatic heterocycles. The maximum absolute atomic E-state index is 14.0. The molecule has 0 aliphatic rings. The highest BCUT2D eigenvalue weighted by Crippen LogP contribution is 2.34. The third kappa shape index (κ3) is 4.44. The molecule has 0 bridgehead atoms. The van der Waals surface area contributed by atoms with Crippen LogP contribution in [0.2, 0.25) is 0 Å². The van der Waals surface area contributed by atoms with Crippen molar-refractivity contribution >= 4 is 34.9 Å². The van der Waals surface area contributed by atoms with Crippen LogP contribution in [0.4, 0.5) is 4.39 Å². The van der Waals surface area contributed by atoms with Crippen LogP contribution >= 0.6 is 34.9 Å². The van der Waals surface area contributed by atoms with Crippen LogP contribution in [0, 0.1) is 5.82 Å². The number of thioether (sulfide) groups is 1. The molecule has 0 fully saturated rings. The Balaban J connectivity index is 2.01. The van der Waals surface area contributed by atoms with Crippen molar-refractivity contribution in [3.8, 4) is 0 Å². The van der Waals surface area contributed by atoms with Gasteiger partial charge in [0.15, 0.2) is 8.68 Å². The average molecular weight is 329 g/mol. The second-order valence-electron chi connectivity index (χ2n) is 4.08. The van der Waals surface area contributed by atoms with Gasteiger partial charge in [0.25, 0.3) is 0 Å². The predicted octanol–water partition coefficient (Wildman–Crippen LogP) is 4.05. The quantitative estimate of drug-likeness (QED) is 0.613. The number of nitrogens with zero attached hydrogens (tertiary/aromatic N) is 2. The van der Waals surface area contributed by atoms with E-state index in [1.807, 2.05) is 18.4 Å². The van der Waals surface area contributed by atoms with E-state index in [1.165, 1.54) is 23.1 Å². The van der Waals surface area contributed by atoms with Crippen LogP contribution in [0.25, 0.3) is 0 Å². The van der Waals surface area contributed by atoms with Crippen molar-refractivity contribution in [3.05, 3.63) is 29.6 Å². The third-order valence-electron chi connectivity index (χ3n) is 2.51. The van der Waals surface area contributed by atoms with Gasteiger partial charge < -0.3 is 5.32 Å². The first-order valence-corrected chi connectivity index (χ1v) is 9.13. The lowest BCUT2D eigenvalue weighted by Crippen LogP contribution is -2.13. The molecule has 0 atom stereocenters. The van der Waals surface area contributed by atoms with Gasteiger partial charge in [-0.1, -0.05) is 47.9 Å². The first-order chi connectivity index (χ1) is 9.72. The van der Waals surface area contributed by atoms with Gasteiger partial charge in [0, 0.05) is 6.54 Å². The predicted molar refractivity (Wildman–Crippen MR) is 84.2 cm³/mol. The first-order valence-electron chi connectivity index (χ1n) is 6.27. The van der Waals surface area contributed by atoms with E-state index >= 15 is 0 Å². The van der Waals surface area contributed by atoms with Crippen LogP contribution in [0.15, 0.2) is 31.8 Å². The van der Waals surface area contributed by atoms with E-state index in [4.69, 9.17) is 0 Å². The van der Waals surface area contributed by atoms with E-state index in [9.17, 15) is 4.39 Å². The fourth-order valence-electron chi connectivity index (χ4n) is 1.56. The van der Waals surface area contributed by atoms with Crippen molar-refractivity contribution < 1.29 is 4.39 Å². The van der Waals surface area contributed by atoms with Crippen molar-refractivity contribution in [1.29, 1.82) is 0 Å². The molecule has 7 heteroatoms. The molecule has 1 aromatic carbocycles. The lowest BCUT2D eigenvalue weighted by Gasteiger charge is -2.05. The number of rotatable bonds is 7. The van der Waals surface area contributed by atoms with Crippen molar-refractivity contribution in [3.63, 3.8) is 0 Å². The molecule has 0 amide bonds. The minimum absolute atomic E-state index is 0.202. The van der Waals surface area contributed by atoms with Crippen LogP contribution in [-0.2, 0) is 6.54 Å². The number of benzene rings is 1. The summed E-state index contributed by atoms with van der Waals surface area (Å²) in [5.41, 5.74) is 0.961. The maximum Gasteiger partial charge on any atom is 0.179 e. The van der Waals surface area contributed by atoms with Gasteiger partial charge >= 0.3 is 0 Å². The maximum atomic E-state index is 14.0. The molecular formula is C13H16FN3S3. The first kappa shape index (κ1) is 15.8. The molecule has 0 saturated carbocycles. The molecule has 0 aliphatic heterocycles. The Kier molecular flexibility index (Phi) is 6.28. The Morgan fingerprint density at radius 2 is 2.10 bits per heavy atom. The molecule has 2 aromatic rings. The zero-order chi connectivity index (χ0) is 14.4. The summed E-state index contributed by atoms with van der Waals surface area (Å²) in [5.74, 6) is -0.202. The fraction of sp³-hybridized carbons (Fsp3) is 0.385. The Labute approximate surface area is 130 Å². The molecule has 0 saturated heterocycles. The molecule has 0 aliphatic carbocycles. The van der Waals surface area contributed by atoms with Crippen molar-refractivity contribution in [2.75, 3.05) is 12.8 Å². The van der Waals surface area contributed by atoms with Gasteiger partial charge in [-0.3, -0.25) is 0 Å². The summed E-state index contributed by atoms with van der Waals surface area (Å²) in [4.78, 5) is 0.591. The standard InChI is InChI=1S/C13H16FN3S3/c1-3-6-15-8-9-4-5-11(10(14)7-9)19-13-17-16-12(18-2)20-13/h4-5,7,15H,3,6,8H2,1-2H3. The van der Waals surface area contributed by atoms with Gasteiger partial charge in [-0.25, -0.2) is 4.39 Å². The molecule has 3 nitrogen and oxygen atoms in total. The molecule has 1 N–H and O–H groups in total. The van der Waals surface area contributed by atoms with Gasteiger partial charge in [-0.05, 0) is 36.9 Å². The Morgan fingerprint density at radius 3 is 2.75 bits per heavy atom. The second kappa shape index (κ2) is 7.97. The third-order valence-corrected chi connectivity index (χ3v) is 5.51. The lowest BCUT2D eigenvalue weighted by atomic mass is 10.2. The monoisotopic (exact) mass is 329 g/mol. The number of hydrogen-bond acceptors (Lipinski definition) is 6. The molecule has 0 radical (unpaired) electrons. The van der Waals surface area contributed by atoms with E-state index in [-0.39, 0.29) is 5.82 Å². The van der Waals surface area contributed by atoms with Gasteiger partial charge in [-0.2, -0.15) is 0 Å². The fourth-order valence-corrected chi connectivity index (χ4v) is 3.96. The zero-order valence-corrected chi connectivity index (χ0v) is 13.8. The lowest BCUT2D eigenvalue weighted by molar-refractivity contribution is 0.595. The van der Waals surface area contributed by atoms with E-state index in [0.29, 0.717) is 11.4 Å². The number of aromatic nitrogens is 2. The van der Waals surface area contributed by atoms with Gasteiger partial charge in [0.1, 0.15) is 5.82 Å². The summed E-state index contributed by atoms with van der Waals surface area (Å²) >= 11 is 4.35. The topological polar surface area (TPSA) is 37.8 Å². The zero-order valence-electron chi connectivity index (χ0n) is 11.4. The average Bonchev–Trinajstić information content (AvgIpc) is 2.90. The summed E-state index contributed by atoms with van der Waals surface area (Å²) in [6.45, 7) is 3.75. The minimum atomic E-state index is -0.202. The van der Waals surface area contributed by atoms with Gasteiger partial charge in [-0.15, -0.1) is 10.2 Å². The van der Waals surface area contributed by atoms with Crippen molar-refractivity contribution in [1.82, 2.24) is 15.5 Å². The van der Waals surface area contributed by atoms with E-state index < -0.39 is 0 Å². The van der Waals surface area contributed by atoms with E-state index in [1.54, 1.807) is 17.8 Å². The highest BCUT2D eigenvalue weighted by molar-refractivity contribution is 8.03. The molecule has 108 valence electrons. The normalized spacial score (nSPS) is 10.9. The molecule has 0 spiro atoms. The van der Waals surface area contributed by atoms with Crippen molar-refractivity contribution in [2.24, 2.45) is 0 Å². The molecule has 20 heavy (non-hydrogen) atoms. The smallest absolute Gasteiger partial charge is 0.179 e. The Morgan fingerprint density at radius 1 is 1.30 bits per heavy atom. The Bertz CT molecular complexity index is 560. The highest BCUT2D eigenvalue weighted by atomic mass is 32.2. The van der Waals surface area contributed by atoms with Crippen LogP contribution in [0.3, 0.4) is 0 Å². The molecule has 2 rings (SSSR count). The molecule has 0 unspecified atom stereocenters. The van der Waals surface area contributed by atoms with Crippen molar-refractivity contribution in [2.45, 2.75) is 33.5 Å². The highest BCUT2D eigenvalue weighted by Gasteiger charge is 2.09. The van der Waals surface area contributed by atoms with Crippen LogP contribution in [0.1, 0.15) is 18.9 Å². The summed E-state index contributed by atoms with van der Waals surface area (Å²) in [6.07, 6.45) is 3.03. The largest absolute Gasteiger partial charge is 0.313 e. The SMILES string of the molecule is CCCNCc1ccc(Sc2nnc(SC)s2)c(F)c1. The number of nitrogens with one attached hydrogen (secondary N) is 1. The Hall–Kier alpha value is -0.630. The second-order valence-corrected chi connectivity index (χ2v) is 7.40. The number of hydrogen-bond donors (Lipinski definition) is 1. The summed E-state index contributed by atoms with van der Waals surface area (Å²) in [6, 6.07) is 5.34. The van der Waals surface area contributed by atoms with Crippen LogP contribution < -0.4 is 5.32 Å². The van der Waals surface area contributed by atoms with E-state index in [0.717, 1.165) is 27.2 Å². The van der Waals surface area contributed by atoms with E-state index in [2.05, 4.69) is 22.4 Å². The van der Waals surface area contributed by atoms with Gasteiger partial charge in [0.2, 0.25) is 0 Å². The summed E-state index contributed by atoms with van der Waals surface area (Å²) in [5, 5.41) is 11.3. The minimum Gasteiger partial charge on any atom is -0.313 e. The van der Waals surface area contributed by atoms with Gasteiger partial charge in [0.05, 0.1) is 4.90 Å². The van der Waals surface area contributed by atoms with Crippen LogP contribution in [0.5, 0.6) is 0 Å². The number of halogens is 1. The molecular weight excluding hydrogens is 313 g/mol. The molecule has 1 heterocycles.